The number of nitrogens with one attached hydrogen (secondary N) is 1. The molecular formula is C11H13Cl2N. The number of anilines is 1. The van der Waals surface area contributed by atoms with Gasteiger partial charge in [0.05, 0.1) is 10.7 Å². The van der Waals surface area contributed by atoms with Gasteiger partial charge in [0.2, 0.25) is 0 Å². The molecule has 0 saturated heterocycles. The van der Waals surface area contributed by atoms with Crippen LogP contribution in [-0.4, -0.2) is 6.04 Å². The summed E-state index contributed by atoms with van der Waals surface area (Å²) in [5.41, 5.74) is 1.00. The van der Waals surface area contributed by atoms with E-state index in [1.165, 1.54) is 25.7 Å². The quantitative estimate of drug-likeness (QED) is 0.796. The van der Waals surface area contributed by atoms with Crippen molar-refractivity contribution in [3.8, 4) is 0 Å². The summed E-state index contributed by atoms with van der Waals surface area (Å²) in [4.78, 5) is 0. The van der Waals surface area contributed by atoms with Crippen LogP contribution in [0.4, 0.5) is 5.69 Å². The van der Waals surface area contributed by atoms with Crippen LogP contribution < -0.4 is 5.32 Å². The highest BCUT2D eigenvalue weighted by molar-refractivity contribution is 6.36. The Hall–Kier alpha value is -0.400. The van der Waals surface area contributed by atoms with Crippen LogP contribution in [0.25, 0.3) is 0 Å². The molecule has 0 bridgehead atoms. The molecule has 1 aromatic carbocycles. The van der Waals surface area contributed by atoms with Crippen LogP contribution in [0.5, 0.6) is 0 Å². The van der Waals surface area contributed by atoms with Gasteiger partial charge in [-0.3, -0.25) is 0 Å². The van der Waals surface area contributed by atoms with E-state index in [1.807, 2.05) is 12.1 Å². The molecular weight excluding hydrogens is 217 g/mol. The SMILES string of the molecule is Clc1ccc(NC2CCCC2)c(Cl)c1. The summed E-state index contributed by atoms with van der Waals surface area (Å²) in [6, 6.07) is 6.18. The Morgan fingerprint density at radius 2 is 1.86 bits per heavy atom. The fraction of sp³-hybridized carbons (Fsp3) is 0.455. The smallest absolute Gasteiger partial charge is 0.0652 e. The number of hydrogen-bond donors (Lipinski definition) is 1. The third kappa shape index (κ3) is 2.34. The van der Waals surface area contributed by atoms with Crippen molar-refractivity contribution < 1.29 is 0 Å². The van der Waals surface area contributed by atoms with Crippen molar-refractivity contribution >= 4 is 28.9 Å². The third-order valence-electron chi connectivity index (χ3n) is 2.65. The molecule has 0 unspecified atom stereocenters. The maximum atomic E-state index is 6.06. The number of rotatable bonds is 2. The van der Waals surface area contributed by atoms with Gasteiger partial charge in [-0.25, -0.2) is 0 Å². The molecule has 0 atom stereocenters. The minimum Gasteiger partial charge on any atom is -0.381 e. The molecule has 1 aliphatic rings. The van der Waals surface area contributed by atoms with Gasteiger partial charge in [-0.15, -0.1) is 0 Å². The molecule has 1 aliphatic carbocycles. The van der Waals surface area contributed by atoms with Crippen molar-refractivity contribution in [1.29, 1.82) is 0 Å². The molecule has 2 rings (SSSR count). The zero-order valence-corrected chi connectivity index (χ0v) is 9.41. The monoisotopic (exact) mass is 229 g/mol. The van der Waals surface area contributed by atoms with E-state index in [2.05, 4.69) is 5.32 Å². The van der Waals surface area contributed by atoms with E-state index in [1.54, 1.807) is 6.07 Å². The average molecular weight is 230 g/mol. The number of hydrogen-bond acceptors (Lipinski definition) is 1. The molecule has 1 aromatic rings. The summed E-state index contributed by atoms with van der Waals surface area (Å²) in [5, 5.41) is 4.85. The van der Waals surface area contributed by atoms with Crippen LogP contribution >= 0.6 is 23.2 Å². The molecule has 3 heteroatoms. The summed E-state index contributed by atoms with van der Waals surface area (Å²) < 4.78 is 0. The average Bonchev–Trinajstić information content (AvgIpc) is 2.62. The maximum absolute atomic E-state index is 6.06. The summed E-state index contributed by atoms with van der Waals surface area (Å²) >= 11 is 11.9. The number of benzene rings is 1. The van der Waals surface area contributed by atoms with Crippen LogP contribution in [-0.2, 0) is 0 Å². The van der Waals surface area contributed by atoms with Crippen LogP contribution in [0.15, 0.2) is 18.2 Å². The molecule has 0 aromatic heterocycles. The Labute approximate surface area is 94.4 Å². The van der Waals surface area contributed by atoms with Gasteiger partial charge in [0.1, 0.15) is 0 Å². The van der Waals surface area contributed by atoms with Crippen molar-refractivity contribution in [3.05, 3.63) is 28.2 Å². The minimum atomic E-state index is 0.591. The van der Waals surface area contributed by atoms with Crippen molar-refractivity contribution in [3.63, 3.8) is 0 Å². The van der Waals surface area contributed by atoms with Gasteiger partial charge in [0, 0.05) is 11.1 Å². The molecule has 0 spiro atoms. The minimum absolute atomic E-state index is 0.591. The van der Waals surface area contributed by atoms with Crippen molar-refractivity contribution in [2.75, 3.05) is 5.32 Å². The van der Waals surface area contributed by atoms with Crippen molar-refractivity contribution in [2.45, 2.75) is 31.7 Å². The van der Waals surface area contributed by atoms with Gasteiger partial charge in [-0.2, -0.15) is 0 Å². The van der Waals surface area contributed by atoms with E-state index in [-0.39, 0.29) is 0 Å². The second kappa shape index (κ2) is 4.41. The molecule has 1 nitrogen and oxygen atoms in total. The molecule has 0 amide bonds. The van der Waals surface area contributed by atoms with Crippen molar-refractivity contribution in [2.24, 2.45) is 0 Å². The first kappa shape index (κ1) is 10.1. The lowest BCUT2D eigenvalue weighted by Crippen LogP contribution is -2.14. The summed E-state index contributed by atoms with van der Waals surface area (Å²) in [6.45, 7) is 0. The van der Waals surface area contributed by atoms with E-state index in [9.17, 15) is 0 Å². The zero-order chi connectivity index (χ0) is 9.97. The molecule has 1 fully saturated rings. The highest BCUT2D eigenvalue weighted by Crippen LogP contribution is 2.29. The van der Waals surface area contributed by atoms with E-state index >= 15 is 0 Å². The van der Waals surface area contributed by atoms with Gasteiger partial charge >= 0.3 is 0 Å². The summed E-state index contributed by atoms with van der Waals surface area (Å²) in [7, 11) is 0. The van der Waals surface area contributed by atoms with Crippen LogP contribution in [0.3, 0.4) is 0 Å². The molecule has 0 heterocycles. The van der Waals surface area contributed by atoms with Crippen LogP contribution in [0.1, 0.15) is 25.7 Å². The second-order valence-electron chi connectivity index (χ2n) is 3.75. The standard InChI is InChI=1S/C11H13Cl2N/c12-8-5-6-11(10(13)7-8)14-9-3-1-2-4-9/h5-7,9,14H,1-4H2. The first-order valence-corrected chi connectivity index (χ1v) is 5.73. The Kier molecular flexibility index (Phi) is 3.19. The molecule has 0 aliphatic heterocycles. The van der Waals surface area contributed by atoms with Crippen LogP contribution in [0, 0.1) is 0 Å². The van der Waals surface area contributed by atoms with Gasteiger partial charge in [-0.1, -0.05) is 36.0 Å². The summed E-state index contributed by atoms with van der Waals surface area (Å²) in [5.74, 6) is 0. The van der Waals surface area contributed by atoms with E-state index in [0.29, 0.717) is 16.1 Å². The lowest BCUT2D eigenvalue weighted by atomic mass is 10.2. The Morgan fingerprint density at radius 3 is 2.50 bits per heavy atom. The lowest BCUT2D eigenvalue weighted by molar-refractivity contribution is 0.755. The molecule has 1 saturated carbocycles. The van der Waals surface area contributed by atoms with E-state index in [4.69, 9.17) is 23.2 Å². The first-order valence-electron chi connectivity index (χ1n) is 4.97. The highest BCUT2D eigenvalue weighted by Gasteiger charge is 2.15. The summed E-state index contributed by atoms with van der Waals surface area (Å²) in [6.07, 6.45) is 5.14. The van der Waals surface area contributed by atoms with Gasteiger partial charge < -0.3 is 5.32 Å². The van der Waals surface area contributed by atoms with Crippen LogP contribution in [0.2, 0.25) is 10.0 Å². The number of halogens is 2. The Morgan fingerprint density at radius 1 is 1.14 bits per heavy atom. The molecule has 14 heavy (non-hydrogen) atoms. The van der Waals surface area contributed by atoms with Gasteiger partial charge in [-0.05, 0) is 31.0 Å². The van der Waals surface area contributed by atoms with Gasteiger partial charge in [0.25, 0.3) is 0 Å². The normalized spacial score (nSPS) is 17.3. The largest absolute Gasteiger partial charge is 0.381 e. The predicted molar refractivity (Wildman–Crippen MR) is 62.3 cm³/mol. The third-order valence-corrected chi connectivity index (χ3v) is 3.19. The van der Waals surface area contributed by atoms with Gasteiger partial charge in [0.15, 0.2) is 0 Å². The van der Waals surface area contributed by atoms with Crippen molar-refractivity contribution in [1.82, 2.24) is 0 Å². The fourth-order valence-corrected chi connectivity index (χ4v) is 2.36. The Bertz CT molecular complexity index is 319. The predicted octanol–water partition coefficient (Wildman–Crippen LogP) is 4.35. The Balaban J connectivity index is 2.08. The second-order valence-corrected chi connectivity index (χ2v) is 4.59. The zero-order valence-electron chi connectivity index (χ0n) is 7.89. The lowest BCUT2D eigenvalue weighted by Gasteiger charge is -2.14. The van der Waals surface area contributed by atoms with E-state index in [0.717, 1.165) is 5.69 Å². The highest BCUT2D eigenvalue weighted by atomic mass is 35.5. The molecule has 0 radical (unpaired) electrons. The maximum Gasteiger partial charge on any atom is 0.0652 e. The molecule has 76 valence electrons. The molecule has 1 N–H and O–H groups in total. The fourth-order valence-electron chi connectivity index (χ4n) is 1.90. The van der Waals surface area contributed by atoms with E-state index < -0.39 is 0 Å². The topological polar surface area (TPSA) is 12.0 Å². The first-order chi connectivity index (χ1) is 6.75.